The van der Waals surface area contributed by atoms with Crippen molar-refractivity contribution in [1.29, 1.82) is 0 Å². The molecule has 4 aromatic rings. The number of nitro benzene ring substituents is 1. The average Bonchev–Trinajstić information content (AvgIpc) is 3.22. The SMILES string of the molecule is Cc1ccc(-n2c(SCC(=O)Nc3cc([N+](=O)[O-])ccc3Cl)nnc2-c2ccccc2O)c(C)c1. The van der Waals surface area contributed by atoms with Crippen LogP contribution in [0.1, 0.15) is 11.1 Å². The van der Waals surface area contributed by atoms with E-state index in [4.69, 9.17) is 11.6 Å². The largest absolute Gasteiger partial charge is 0.507 e. The number of aromatic hydroxyl groups is 1. The summed E-state index contributed by atoms with van der Waals surface area (Å²) in [5.41, 5.74) is 3.33. The summed E-state index contributed by atoms with van der Waals surface area (Å²) < 4.78 is 1.79. The van der Waals surface area contributed by atoms with Gasteiger partial charge >= 0.3 is 0 Å². The third-order valence-electron chi connectivity index (χ3n) is 5.14. The van der Waals surface area contributed by atoms with Crippen molar-refractivity contribution in [3.8, 4) is 22.8 Å². The van der Waals surface area contributed by atoms with Gasteiger partial charge in [-0.2, -0.15) is 0 Å². The van der Waals surface area contributed by atoms with Gasteiger partial charge in [-0.05, 0) is 43.7 Å². The van der Waals surface area contributed by atoms with Gasteiger partial charge in [-0.25, -0.2) is 0 Å². The van der Waals surface area contributed by atoms with Crippen LogP contribution in [-0.2, 0) is 4.79 Å². The van der Waals surface area contributed by atoms with Gasteiger partial charge in [0, 0.05) is 12.1 Å². The number of halogens is 1. The van der Waals surface area contributed by atoms with Crippen molar-refractivity contribution in [2.24, 2.45) is 0 Å². The molecule has 11 heteroatoms. The van der Waals surface area contributed by atoms with Gasteiger partial charge in [-0.3, -0.25) is 19.5 Å². The number of rotatable bonds is 7. The highest BCUT2D eigenvalue weighted by atomic mass is 35.5. The Morgan fingerprint density at radius 2 is 1.91 bits per heavy atom. The summed E-state index contributed by atoms with van der Waals surface area (Å²) in [6, 6.07) is 16.6. The molecule has 1 aromatic heterocycles. The highest BCUT2D eigenvalue weighted by Crippen LogP contribution is 2.34. The van der Waals surface area contributed by atoms with Gasteiger partial charge in [-0.1, -0.05) is 53.2 Å². The molecule has 0 aliphatic heterocycles. The van der Waals surface area contributed by atoms with E-state index in [9.17, 15) is 20.0 Å². The smallest absolute Gasteiger partial charge is 0.271 e. The van der Waals surface area contributed by atoms with Crippen LogP contribution in [0.25, 0.3) is 17.1 Å². The van der Waals surface area contributed by atoms with Crippen LogP contribution in [-0.4, -0.2) is 36.5 Å². The topological polar surface area (TPSA) is 123 Å². The van der Waals surface area contributed by atoms with Crippen LogP contribution in [0.15, 0.2) is 65.8 Å². The fraction of sp³-hybridized carbons (Fsp3) is 0.125. The van der Waals surface area contributed by atoms with E-state index >= 15 is 0 Å². The number of aryl methyl sites for hydroxylation is 2. The van der Waals surface area contributed by atoms with Crippen LogP contribution in [0.3, 0.4) is 0 Å². The lowest BCUT2D eigenvalue weighted by atomic mass is 10.1. The van der Waals surface area contributed by atoms with Crippen LogP contribution in [0.5, 0.6) is 5.75 Å². The molecule has 35 heavy (non-hydrogen) atoms. The number of phenols is 1. The minimum atomic E-state index is -0.562. The molecule has 0 aliphatic rings. The molecule has 0 saturated carbocycles. The molecule has 0 aliphatic carbocycles. The van der Waals surface area contributed by atoms with Crippen LogP contribution >= 0.6 is 23.4 Å². The maximum atomic E-state index is 12.7. The Bertz CT molecular complexity index is 1440. The molecule has 1 amide bonds. The number of carbonyl (C=O) groups excluding carboxylic acids is 1. The van der Waals surface area contributed by atoms with Crippen molar-refractivity contribution in [1.82, 2.24) is 14.8 Å². The molecular weight excluding hydrogens is 490 g/mol. The first-order chi connectivity index (χ1) is 16.7. The predicted octanol–water partition coefficient (Wildman–Crippen LogP) is 5.55. The molecular formula is C24H20ClN5O4S. The average molecular weight is 510 g/mol. The lowest BCUT2D eigenvalue weighted by Crippen LogP contribution is -2.15. The summed E-state index contributed by atoms with van der Waals surface area (Å²) in [5, 5.41) is 33.3. The second-order valence-corrected chi connectivity index (χ2v) is 9.06. The quantitative estimate of drug-likeness (QED) is 0.190. The number of nitrogens with one attached hydrogen (secondary N) is 1. The lowest BCUT2D eigenvalue weighted by Gasteiger charge is -2.14. The first-order valence-corrected chi connectivity index (χ1v) is 11.8. The van der Waals surface area contributed by atoms with Crippen molar-refractivity contribution in [2.75, 3.05) is 11.1 Å². The molecule has 178 valence electrons. The second kappa shape index (κ2) is 10.2. The minimum Gasteiger partial charge on any atom is -0.507 e. The molecule has 0 unspecified atom stereocenters. The molecule has 0 bridgehead atoms. The zero-order valence-electron chi connectivity index (χ0n) is 18.7. The molecule has 2 N–H and O–H groups in total. The maximum absolute atomic E-state index is 12.7. The number of amides is 1. The number of para-hydroxylation sites is 1. The van der Waals surface area contributed by atoms with E-state index < -0.39 is 10.8 Å². The zero-order valence-corrected chi connectivity index (χ0v) is 20.3. The van der Waals surface area contributed by atoms with Gasteiger partial charge in [0.05, 0.1) is 32.6 Å². The standard InChI is InChI=1S/C24H20ClN5O4S/c1-14-7-10-20(15(2)11-14)29-23(17-5-3-4-6-21(17)31)27-28-24(29)35-13-22(32)26-19-12-16(30(33)34)8-9-18(19)25/h3-12,31H,13H2,1-2H3,(H,26,32). The van der Waals surface area contributed by atoms with Crippen molar-refractivity contribution in [3.63, 3.8) is 0 Å². The van der Waals surface area contributed by atoms with Crippen LogP contribution < -0.4 is 5.32 Å². The summed E-state index contributed by atoms with van der Waals surface area (Å²) in [5.74, 6) is 0.0138. The molecule has 4 rings (SSSR count). The van der Waals surface area contributed by atoms with Crippen molar-refractivity contribution >= 4 is 40.6 Å². The number of carbonyl (C=O) groups is 1. The van der Waals surface area contributed by atoms with E-state index in [0.29, 0.717) is 16.5 Å². The number of nitrogens with zero attached hydrogens (tertiary/aromatic N) is 4. The summed E-state index contributed by atoms with van der Waals surface area (Å²) in [4.78, 5) is 23.1. The van der Waals surface area contributed by atoms with Gasteiger partial charge < -0.3 is 10.4 Å². The Morgan fingerprint density at radius 1 is 1.14 bits per heavy atom. The van der Waals surface area contributed by atoms with Crippen LogP contribution in [0.4, 0.5) is 11.4 Å². The van der Waals surface area contributed by atoms with Crippen molar-refractivity contribution < 1.29 is 14.8 Å². The van der Waals surface area contributed by atoms with Gasteiger partial charge in [0.1, 0.15) is 5.75 Å². The monoisotopic (exact) mass is 509 g/mol. The molecule has 0 atom stereocenters. The van der Waals surface area contributed by atoms with Gasteiger partial charge in [0.15, 0.2) is 11.0 Å². The highest BCUT2D eigenvalue weighted by molar-refractivity contribution is 7.99. The van der Waals surface area contributed by atoms with Crippen molar-refractivity contribution in [3.05, 3.63) is 86.9 Å². The summed E-state index contributed by atoms with van der Waals surface area (Å²) in [6.45, 7) is 3.95. The van der Waals surface area contributed by atoms with E-state index in [0.717, 1.165) is 28.6 Å². The van der Waals surface area contributed by atoms with E-state index in [1.165, 1.54) is 18.2 Å². The molecule has 0 radical (unpaired) electrons. The fourth-order valence-electron chi connectivity index (χ4n) is 3.51. The van der Waals surface area contributed by atoms with E-state index in [2.05, 4.69) is 15.5 Å². The number of phenolic OH excluding ortho intramolecular Hbond substituents is 1. The third kappa shape index (κ3) is 5.28. The number of anilines is 1. The first-order valence-electron chi connectivity index (χ1n) is 10.4. The number of hydrogen-bond acceptors (Lipinski definition) is 7. The Balaban J connectivity index is 1.64. The van der Waals surface area contributed by atoms with Crippen LogP contribution in [0.2, 0.25) is 5.02 Å². The predicted molar refractivity (Wildman–Crippen MR) is 135 cm³/mol. The lowest BCUT2D eigenvalue weighted by molar-refractivity contribution is -0.384. The Morgan fingerprint density at radius 3 is 2.63 bits per heavy atom. The zero-order chi connectivity index (χ0) is 25.1. The van der Waals surface area contributed by atoms with Gasteiger partial charge in [-0.15, -0.1) is 10.2 Å². The third-order valence-corrected chi connectivity index (χ3v) is 6.40. The number of nitro groups is 1. The summed E-state index contributed by atoms with van der Waals surface area (Å²) in [6.07, 6.45) is 0. The molecule has 1 heterocycles. The number of thioether (sulfide) groups is 1. The van der Waals surface area contributed by atoms with Crippen molar-refractivity contribution in [2.45, 2.75) is 19.0 Å². The number of aromatic nitrogens is 3. The minimum absolute atomic E-state index is 0.0527. The maximum Gasteiger partial charge on any atom is 0.271 e. The molecule has 3 aromatic carbocycles. The van der Waals surface area contributed by atoms with Gasteiger partial charge in [0.2, 0.25) is 5.91 Å². The van der Waals surface area contributed by atoms with E-state index in [-0.39, 0.29) is 27.9 Å². The Kier molecular flexibility index (Phi) is 7.04. The van der Waals surface area contributed by atoms with E-state index in [1.54, 1.807) is 28.8 Å². The number of hydrogen-bond donors (Lipinski definition) is 2. The molecule has 0 spiro atoms. The Labute approximate surface area is 209 Å². The summed E-state index contributed by atoms with van der Waals surface area (Å²) >= 11 is 7.23. The van der Waals surface area contributed by atoms with E-state index in [1.807, 2.05) is 32.0 Å². The number of non-ortho nitro benzene ring substituents is 1. The molecule has 0 saturated heterocycles. The molecule has 0 fully saturated rings. The normalized spacial score (nSPS) is 10.8. The first kappa shape index (κ1) is 24.2. The summed E-state index contributed by atoms with van der Waals surface area (Å²) in [7, 11) is 0. The molecule has 9 nitrogen and oxygen atoms in total. The van der Waals surface area contributed by atoms with Crippen LogP contribution in [0, 0.1) is 24.0 Å². The highest BCUT2D eigenvalue weighted by Gasteiger charge is 2.21. The fourth-order valence-corrected chi connectivity index (χ4v) is 4.42. The Hall–Kier alpha value is -3.89. The van der Waals surface area contributed by atoms with Gasteiger partial charge in [0.25, 0.3) is 5.69 Å². The second-order valence-electron chi connectivity index (χ2n) is 7.71. The number of benzene rings is 3.